The smallest absolute Gasteiger partial charge is 0.408 e. The van der Waals surface area contributed by atoms with Crippen molar-refractivity contribution in [1.82, 2.24) is 5.32 Å². The predicted molar refractivity (Wildman–Crippen MR) is 65.4 cm³/mol. The highest BCUT2D eigenvalue weighted by Crippen LogP contribution is 2.30. The van der Waals surface area contributed by atoms with E-state index in [0.717, 1.165) is 12.8 Å². The summed E-state index contributed by atoms with van der Waals surface area (Å²) in [5.74, 6) is -0.585. The highest BCUT2D eigenvalue weighted by atomic mass is 16.6. The van der Waals surface area contributed by atoms with Crippen molar-refractivity contribution in [1.29, 1.82) is 5.41 Å². The van der Waals surface area contributed by atoms with Crippen molar-refractivity contribution in [2.45, 2.75) is 52.2 Å². The van der Waals surface area contributed by atoms with Gasteiger partial charge < -0.3 is 14.8 Å². The fourth-order valence-electron chi connectivity index (χ4n) is 1.17. The standard InChI is InChI=1S/C12H20N2O4/c1-7(14-11(16)18-12(2,3)4)10(15)17-9(13)8-5-6-8/h7-8,13H,5-6H2,1-4H3,(H,14,16)/t7-/m0/s1. The fraction of sp³-hybridized carbons (Fsp3) is 0.750. The molecule has 0 aromatic carbocycles. The third kappa shape index (κ3) is 5.16. The molecular weight excluding hydrogens is 236 g/mol. The number of rotatable bonds is 3. The van der Waals surface area contributed by atoms with E-state index in [9.17, 15) is 9.59 Å². The van der Waals surface area contributed by atoms with Crippen LogP contribution in [0.5, 0.6) is 0 Å². The van der Waals surface area contributed by atoms with Crippen LogP contribution in [-0.2, 0) is 14.3 Å². The van der Waals surface area contributed by atoms with E-state index in [4.69, 9.17) is 14.9 Å². The van der Waals surface area contributed by atoms with Crippen LogP contribution >= 0.6 is 0 Å². The summed E-state index contributed by atoms with van der Waals surface area (Å²) >= 11 is 0. The van der Waals surface area contributed by atoms with Gasteiger partial charge in [0.05, 0.1) is 0 Å². The Labute approximate surface area is 107 Å². The van der Waals surface area contributed by atoms with Gasteiger partial charge in [-0.15, -0.1) is 0 Å². The molecule has 0 aromatic heterocycles. The molecule has 18 heavy (non-hydrogen) atoms. The Bertz CT molecular complexity index is 356. The van der Waals surface area contributed by atoms with Gasteiger partial charge in [0.1, 0.15) is 11.6 Å². The van der Waals surface area contributed by atoms with Gasteiger partial charge in [0.2, 0.25) is 0 Å². The summed E-state index contributed by atoms with van der Waals surface area (Å²) in [5.41, 5.74) is -0.617. The van der Waals surface area contributed by atoms with E-state index in [1.54, 1.807) is 20.8 Å². The molecule has 1 fully saturated rings. The van der Waals surface area contributed by atoms with Crippen molar-refractivity contribution in [3.8, 4) is 0 Å². The van der Waals surface area contributed by atoms with Gasteiger partial charge in [-0.1, -0.05) is 0 Å². The summed E-state index contributed by atoms with van der Waals surface area (Å²) in [7, 11) is 0. The van der Waals surface area contributed by atoms with Crippen LogP contribution in [0.2, 0.25) is 0 Å². The van der Waals surface area contributed by atoms with Crippen LogP contribution in [0, 0.1) is 11.3 Å². The molecule has 1 aliphatic carbocycles. The molecule has 0 aliphatic heterocycles. The Morgan fingerprint density at radius 1 is 1.33 bits per heavy atom. The maximum absolute atomic E-state index is 11.6. The van der Waals surface area contributed by atoms with Gasteiger partial charge in [-0.25, -0.2) is 9.59 Å². The minimum atomic E-state index is -0.834. The van der Waals surface area contributed by atoms with E-state index in [1.165, 1.54) is 6.92 Å². The highest BCUT2D eigenvalue weighted by Gasteiger charge is 2.31. The van der Waals surface area contributed by atoms with Crippen LogP contribution in [0.15, 0.2) is 0 Å². The number of hydrogen-bond acceptors (Lipinski definition) is 5. The number of amides is 1. The van der Waals surface area contributed by atoms with Crippen LogP contribution in [0.3, 0.4) is 0 Å². The maximum Gasteiger partial charge on any atom is 0.408 e. The van der Waals surface area contributed by atoms with Crippen molar-refractivity contribution in [3.05, 3.63) is 0 Å². The predicted octanol–water partition coefficient (Wildman–Crippen LogP) is 1.83. The van der Waals surface area contributed by atoms with E-state index in [-0.39, 0.29) is 11.8 Å². The number of carbonyl (C=O) groups is 2. The van der Waals surface area contributed by atoms with E-state index < -0.39 is 23.7 Å². The third-order valence-corrected chi connectivity index (χ3v) is 2.25. The van der Waals surface area contributed by atoms with E-state index in [2.05, 4.69) is 5.32 Å². The zero-order chi connectivity index (χ0) is 13.9. The van der Waals surface area contributed by atoms with Crippen molar-refractivity contribution in [2.24, 2.45) is 5.92 Å². The number of esters is 1. The van der Waals surface area contributed by atoms with Gasteiger partial charge in [0.15, 0.2) is 5.90 Å². The Morgan fingerprint density at radius 3 is 2.33 bits per heavy atom. The van der Waals surface area contributed by atoms with Gasteiger partial charge in [-0.3, -0.25) is 5.41 Å². The lowest BCUT2D eigenvalue weighted by Crippen LogP contribution is -2.43. The monoisotopic (exact) mass is 256 g/mol. The van der Waals surface area contributed by atoms with Gasteiger partial charge in [0.25, 0.3) is 0 Å². The molecule has 0 spiro atoms. The van der Waals surface area contributed by atoms with E-state index in [0.29, 0.717) is 0 Å². The Hall–Kier alpha value is -1.59. The van der Waals surface area contributed by atoms with Crippen LogP contribution in [0.25, 0.3) is 0 Å². The minimum Gasteiger partial charge on any atom is -0.444 e. The van der Waals surface area contributed by atoms with E-state index >= 15 is 0 Å². The second-order valence-electron chi connectivity index (χ2n) is 5.43. The van der Waals surface area contributed by atoms with E-state index in [1.807, 2.05) is 0 Å². The van der Waals surface area contributed by atoms with Crippen molar-refractivity contribution >= 4 is 18.0 Å². The second kappa shape index (κ2) is 5.37. The molecule has 1 saturated carbocycles. The minimum absolute atomic E-state index is 0.0159. The van der Waals surface area contributed by atoms with Gasteiger partial charge in [0, 0.05) is 5.92 Å². The number of alkyl carbamates (subject to hydrolysis) is 1. The molecule has 0 heterocycles. The average molecular weight is 256 g/mol. The summed E-state index contributed by atoms with van der Waals surface area (Å²) in [5, 5.41) is 9.84. The Balaban J connectivity index is 2.34. The lowest BCUT2D eigenvalue weighted by atomic mass is 10.2. The molecule has 1 atom stereocenters. The Kier molecular flexibility index (Phi) is 4.32. The van der Waals surface area contributed by atoms with Gasteiger partial charge in [-0.05, 0) is 40.5 Å². The maximum atomic E-state index is 11.6. The molecule has 0 bridgehead atoms. The molecule has 1 amide bonds. The Morgan fingerprint density at radius 2 is 1.89 bits per heavy atom. The number of hydrogen-bond donors (Lipinski definition) is 2. The quantitative estimate of drug-likeness (QED) is 0.458. The summed E-state index contributed by atoms with van der Waals surface area (Å²) in [6.07, 6.45) is 1.10. The molecule has 0 aromatic rings. The number of nitrogens with one attached hydrogen (secondary N) is 2. The molecule has 2 N–H and O–H groups in total. The SMILES string of the molecule is C[C@H](NC(=O)OC(C)(C)C)C(=O)OC(=N)C1CC1. The first-order valence-electron chi connectivity index (χ1n) is 5.98. The third-order valence-electron chi connectivity index (χ3n) is 2.25. The molecule has 1 aliphatic rings. The molecule has 0 saturated heterocycles. The van der Waals surface area contributed by atoms with Gasteiger partial charge in [-0.2, -0.15) is 0 Å². The number of carbonyl (C=O) groups excluding carboxylic acids is 2. The normalized spacial score (nSPS) is 16.7. The van der Waals surface area contributed by atoms with Crippen molar-refractivity contribution in [3.63, 3.8) is 0 Å². The molecule has 1 rings (SSSR count). The molecule has 6 heteroatoms. The average Bonchev–Trinajstić information content (AvgIpc) is 2.96. The van der Waals surface area contributed by atoms with Crippen LogP contribution < -0.4 is 5.32 Å². The second-order valence-corrected chi connectivity index (χ2v) is 5.43. The molecule has 0 radical (unpaired) electrons. The summed E-state index contributed by atoms with van der Waals surface area (Å²) in [6, 6.07) is -0.834. The lowest BCUT2D eigenvalue weighted by Gasteiger charge is -2.21. The van der Waals surface area contributed by atoms with Crippen molar-refractivity contribution in [2.75, 3.05) is 0 Å². The van der Waals surface area contributed by atoms with Crippen molar-refractivity contribution < 1.29 is 19.1 Å². The molecule has 6 nitrogen and oxygen atoms in total. The number of ether oxygens (including phenoxy) is 2. The van der Waals surface area contributed by atoms with Crippen LogP contribution in [0.4, 0.5) is 4.79 Å². The molecule has 102 valence electrons. The zero-order valence-electron chi connectivity index (χ0n) is 11.2. The molecule has 0 unspecified atom stereocenters. The summed E-state index contributed by atoms with van der Waals surface area (Å²) < 4.78 is 9.85. The fourth-order valence-corrected chi connectivity index (χ4v) is 1.17. The first-order valence-corrected chi connectivity index (χ1v) is 5.98. The van der Waals surface area contributed by atoms with Gasteiger partial charge >= 0.3 is 12.1 Å². The topological polar surface area (TPSA) is 88.5 Å². The first-order chi connectivity index (χ1) is 8.19. The largest absolute Gasteiger partial charge is 0.444 e. The highest BCUT2D eigenvalue weighted by molar-refractivity contribution is 5.92. The summed E-state index contributed by atoms with van der Waals surface area (Å²) in [4.78, 5) is 23.0. The first kappa shape index (κ1) is 14.5. The lowest BCUT2D eigenvalue weighted by molar-refractivity contribution is -0.137. The molecular formula is C12H20N2O4. The van der Waals surface area contributed by atoms with Crippen LogP contribution in [-0.4, -0.2) is 29.6 Å². The van der Waals surface area contributed by atoms with Crippen LogP contribution in [0.1, 0.15) is 40.5 Å². The summed E-state index contributed by atoms with van der Waals surface area (Å²) in [6.45, 7) is 6.70. The zero-order valence-corrected chi connectivity index (χ0v) is 11.2.